The molecule has 1 saturated heterocycles. The minimum Gasteiger partial charge on any atom is -0.300 e. The Morgan fingerprint density at radius 1 is 1.09 bits per heavy atom. The number of pyridine rings is 1. The molecule has 2 aliphatic carbocycles. The molecule has 2 saturated carbocycles. The van der Waals surface area contributed by atoms with Crippen molar-refractivity contribution >= 4 is 0 Å². The highest BCUT2D eigenvalue weighted by atomic mass is 15.3. The first-order chi connectivity index (χ1) is 11.3. The van der Waals surface area contributed by atoms with Crippen molar-refractivity contribution in [3.63, 3.8) is 0 Å². The first-order valence-electron chi connectivity index (χ1n) is 9.60. The molecule has 1 aliphatic heterocycles. The van der Waals surface area contributed by atoms with Gasteiger partial charge in [-0.15, -0.1) is 0 Å². The highest BCUT2D eigenvalue weighted by Gasteiger charge is 2.53. The van der Waals surface area contributed by atoms with E-state index in [1.165, 1.54) is 82.5 Å². The van der Waals surface area contributed by atoms with Crippen molar-refractivity contribution in [1.29, 1.82) is 0 Å². The van der Waals surface area contributed by atoms with Crippen LogP contribution >= 0.6 is 0 Å². The minimum absolute atomic E-state index is 0.792. The van der Waals surface area contributed by atoms with Crippen molar-refractivity contribution in [2.45, 2.75) is 52.0 Å². The van der Waals surface area contributed by atoms with Crippen LogP contribution < -0.4 is 0 Å². The van der Waals surface area contributed by atoms with Crippen LogP contribution in [0.4, 0.5) is 0 Å². The molecule has 4 rings (SSSR count). The molecule has 0 radical (unpaired) electrons. The smallest absolute Gasteiger partial charge is 0.0573 e. The molecule has 1 atom stereocenters. The molecule has 1 aromatic rings. The fraction of sp³-hybridized carbons (Fsp3) is 0.750. The van der Waals surface area contributed by atoms with E-state index in [2.05, 4.69) is 27.8 Å². The Kier molecular flexibility index (Phi) is 4.42. The van der Waals surface area contributed by atoms with E-state index in [1.807, 2.05) is 12.3 Å². The summed E-state index contributed by atoms with van der Waals surface area (Å²) in [5, 5.41) is 0. The third kappa shape index (κ3) is 3.46. The van der Waals surface area contributed by atoms with Gasteiger partial charge in [-0.05, 0) is 49.1 Å². The van der Waals surface area contributed by atoms with Gasteiger partial charge in [0, 0.05) is 45.5 Å². The molecule has 1 aromatic heterocycles. The van der Waals surface area contributed by atoms with Crippen LogP contribution in [0.3, 0.4) is 0 Å². The summed E-state index contributed by atoms with van der Waals surface area (Å²) >= 11 is 0. The van der Waals surface area contributed by atoms with E-state index in [0.29, 0.717) is 0 Å². The van der Waals surface area contributed by atoms with Crippen molar-refractivity contribution in [1.82, 2.24) is 14.8 Å². The van der Waals surface area contributed by atoms with E-state index in [9.17, 15) is 0 Å². The van der Waals surface area contributed by atoms with E-state index >= 15 is 0 Å². The van der Waals surface area contributed by atoms with Crippen molar-refractivity contribution in [3.05, 3.63) is 29.6 Å². The summed E-state index contributed by atoms with van der Waals surface area (Å²) < 4.78 is 0. The first kappa shape index (κ1) is 15.6. The normalized spacial score (nSPS) is 28.1. The monoisotopic (exact) mass is 313 g/mol. The Morgan fingerprint density at radius 3 is 2.57 bits per heavy atom. The van der Waals surface area contributed by atoms with Gasteiger partial charge < -0.3 is 4.90 Å². The Labute approximate surface area is 141 Å². The number of hydrogen-bond acceptors (Lipinski definition) is 3. The molecule has 3 aliphatic rings. The SMILES string of the molecule is Cc1cccnc1CN1CCN(CC2CC23CCCCC3)CC1. The second-order valence-corrected chi connectivity index (χ2v) is 8.17. The topological polar surface area (TPSA) is 19.4 Å². The molecule has 1 spiro atoms. The average molecular weight is 313 g/mol. The third-order valence-corrected chi connectivity index (χ3v) is 6.64. The van der Waals surface area contributed by atoms with Gasteiger partial charge in [0.05, 0.1) is 5.69 Å². The number of nitrogens with zero attached hydrogens (tertiary/aromatic N) is 3. The van der Waals surface area contributed by atoms with Crippen molar-refractivity contribution in [2.24, 2.45) is 11.3 Å². The van der Waals surface area contributed by atoms with Crippen molar-refractivity contribution in [2.75, 3.05) is 32.7 Å². The summed E-state index contributed by atoms with van der Waals surface area (Å²) in [6.07, 6.45) is 11.0. The molecule has 0 aromatic carbocycles. The highest BCUT2D eigenvalue weighted by Crippen LogP contribution is 2.61. The van der Waals surface area contributed by atoms with Crippen LogP contribution in [0.5, 0.6) is 0 Å². The molecular weight excluding hydrogens is 282 g/mol. The largest absolute Gasteiger partial charge is 0.300 e. The summed E-state index contributed by atoms with van der Waals surface area (Å²) in [7, 11) is 0. The van der Waals surface area contributed by atoms with E-state index in [0.717, 1.165) is 17.9 Å². The predicted octanol–water partition coefficient (Wildman–Crippen LogP) is 3.48. The predicted molar refractivity (Wildman–Crippen MR) is 94.3 cm³/mol. The van der Waals surface area contributed by atoms with Gasteiger partial charge in [0.15, 0.2) is 0 Å². The van der Waals surface area contributed by atoms with Gasteiger partial charge in [-0.2, -0.15) is 0 Å². The Hall–Kier alpha value is -0.930. The third-order valence-electron chi connectivity index (χ3n) is 6.64. The average Bonchev–Trinajstić information content (AvgIpc) is 3.23. The summed E-state index contributed by atoms with van der Waals surface area (Å²) in [6, 6.07) is 4.21. The standard InChI is InChI=1S/C20H31N3/c1-17-6-5-9-21-19(17)16-23-12-10-22(11-13-23)15-18-14-20(18)7-3-2-4-8-20/h5-6,9,18H,2-4,7-8,10-16H2,1H3. The number of aromatic nitrogens is 1. The first-order valence-corrected chi connectivity index (χ1v) is 9.60. The minimum atomic E-state index is 0.792. The number of aryl methyl sites for hydroxylation is 1. The fourth-order valence-corrected chi connectivity index (χ4v) is 4.90. The van der Waals surface area contributed by atoms with Crippen molar-refractivity contribution < 1.29 is 0 Å². The molecule has 0 amide bonds. The van der Waals surface area contributed by atoms with Crippen LogP contribution in [0, 0.1) is 18.3 Å². The molecule has 2 heterocycles. The van der Waals surface area contributed by atoms with Gasteiger partial charge >= 0.3 is 0 Å². The molecule has 3 fully saturated rings. The zero-order valence-corrected chi connectivity index (χ0v) is 14.6. The van der Waals surface area contributed by atoms with Gasteiger partial charge in [0.1, 0.15) is 0 Å². The summed E-state index contributed by atoms with van der Waals surface area (Å²) in [4.78, 5) is 9.86. The molecule has 1 unspecified atom stereocenters. The van der Waals surface area contributed by atoms with Gasteiger partial charge in [-0.25, -0.2) is 0 Å². The Balaban J connectivity index is 1.23. The van der Waals surface area contributed by atoms with Crippen LogP contribution in [0.15, 0.2) is 18.3 Å². The molecule has 0 N–H and O–H groups in total. The maximum absolute atomic E-state index is 4.55. The maximum Gasteiger partial charge on any atom is 0.0573 e. The molecule has 3 heteroatoms. The van der Waals surface area contributed by atoms with Gasteiger partial charge in [0.2, 0.25) is 0 Å². The van der Waals surface area contributed by atoms with E-state index in [1.54, 1.807) is 0 Å². The Bertz CT molecular complexity index is 527. The molecule has 126 valence electrons. The maximum atomic E-state index is 4.55. The number of piperazine rings is 1. The van der Waals surface area contributed by atoms with Gasteiger partial charge in [-0.1, -0.05) is 25.3 Å². The highest BCUT2D eigenvalue weighted by molar-refractivity contribution is 5.17. The molecular formula is C20H31N3. The second-order valence-electron chi connectivity index (χ2n) is 8.17. The number of hydrogen-bond donors (Lipinski definition) is 0. The van der Waals surface area contributed by atoms with Crippen LogP contribution in [-0.4, -0.2) is 47.5 Å². The summed E-state index contributed by atoms with van der Waals surface area (Å²) in [5.74, 6) is 1.02. The zero-order valence-electron chi connectivity index (χ0n) is 14.6. The lowest BCUT2D eigenvalue weighted by atomic mass is 9.84. The zero-order chi connectivity index (χ0) is 15.7. The van der Waals surface area contributed by atoms with Crippen LogP contribution in [0.2, 0.25) is 0 Å². The Morgan fingerprint density at radius 2 is 1.83 bits per heavy atom. The fourth-order valence-electron chi connectivity index (χ4n) is 4.90. The van der Waals surface area contributed by atoms with E-state index in [-0.39, 0.29) is 0 Å². The molecule has 23 heavy (non-hydrogen) atoms. The van der Waals surface area contributed by atoms with Gasteiger partial charge in [-0.3, -0.25) is 9.88 Å². The van der Waals surface area contributed by atoms with E-state index in [4.69, 9.17) is 0 Å². The lowest BCUT2D eigenvalue weighted by Gasteiger charge is -2.35. The molecule has 0 bridgehead atoms. The van der Waals surface area contributed by atoms with Crippen LogP contribution in [0.1, 0.15) is 49.8 Å². The number of rotatable bonds is 4. The van der Waals surface area contributed by atoms with E-state index < -0.39 is 0 Å². The van der Waals surface area contributed by atoms with Crippen molar-refractivity contribution in [3.8, 4) is 0 Å². The van der Waals surface area contributed by atoms with Crippen LogP contribution in [-0.2, 0) is 6.54 Å². The lowest BCUT2D eigenvalue weighted by Crippen LogP contribution is -2.46. The quantitative estimate of drug-likeness (QED) is 0.848. The van der Waals surface area contributed by atoms with Gasteiger partial charge in [0.25, 0.3) is 0 Å². The molecule has 3 nitrogen and oxygen atoms in total. The second kappa shape index (κ2) is 6.52. The lowest BCUT2D eigenvalue weighted by molar-refractivity contribution is 0.115. The van der Waals surface area contributed by atoms with Crippen LogP contribution in [0.25, 0.3) is 0 Å². The summed E-state index contributed by atoms with van der Waals surface area (Å²) in [5.41, 5.74) is 3.37. The summed E-state index contributed by atoms with van der Waals surface area (Å²) in [6.45, 7) is 9.47.